The summed E-state index contributed by atoms with van der Waals surface area (Å²) in [5.74, 6) is -0.343. The first-order valence-electron chi connectivity index (χ1n) is 4.57. The molecule has 0 saturated heterocycles. The minimum Gasteiger partial charge on any atom is -0.271 e. The van der Waals surface area contributed by atoms with Crippen LogP contribution in [0, 0.1) is 0 Å². The SMILES string of the molecule is O=C1CC(c2ccc(C(F)(F)F)cc2)N=N1. The molecule has 1 atom stereocenters. The van der Waals surface area contributed by atoms with E-state index in [0.29, 0.717) is 5.56 Å². The van der Waals surface area contributed by atoms with Gasteiger partial charge in [-0.25, -0.2) is 0 Å². The molecule has 0 aromatic heterocycles. The predicted octanol–water partition coefficient (Wildman–Crippen LogP) is 3.13. The number of hydrogen-bond acceptors (Lipinski definition) is 2. The minimum absolute atomic E-state index is 0.130. The van der Waals surface area contributed by atoms with Crippen molar-refractivity contribution in [1.29, 1.82) is 0 Å². The average Bonchev–Trinajstić information content (AvgIpc) is 2.64. The summed E-state index contributed by atoms with van der Waals surface area (Å²) < 4.78 is 36.8. The molecular weight excluding hydrogens is 221 g/mol. The predicted molar refractivity (Wildman–Crippen MR) is 48.7 cm³/mol. The van der Waals surface area contributed by atoms with Crippen molar-refractivity contribution >= 4 is 5.91 Å². The summed E-state index contributed by atoms with van der Waals surface area (Å²) >= 11 is 0. The molecule has 3 nitrogen and oxygen atoms in total. The van der Waals surface area contributed by atoms with Crippen LogP contribution < -0.4 is 0 Å². The van der Waals surface area contributed by atoms with Crippen LogP contribution in [0.4, 0.5) is 13.2 Å². The van der Waals surface area contributed by atoms with Gasteiger partial charge in [-0.1, -0.05) is 12.1 Å². The molecule has 1 aromatic carbocycles. The highest BCUT2D eigenvalue weighted by Gasteiger charge is 2.30. The number of azo groups is 1. The molecule has 84 valence electrons. The zero-order valence-electron chi connectivity index (χ0n) is 8.03. The Morgan fingerprint density at radius 2 is 1.81 bits per heavy atom. The highest BCUT2D eigenvalue weighted by atomic mass is 19.4. The lowest BCUT2D eigenvalue weighted by atomic mass is 10.0. The monoisotopic (exact) mass is 228 g/mol. The molecule has 1 amide bonds. The fourth-order valence-corrected chi connectivity index (χ4v) is 1.46. The van der Waals surface area contributed by atoms with Crippen molar-refractivity contribution in [3.63, 3.8) is 0 Å². The smallest absolute Gasteiger partial charge is 0.271 e. The topological polar surface area (TPSA) is 41.8 Å². The van der Waals surface area contributed by atoms with Gasteiger partial charge < -0.3 is 0 Å². The van der Waals surface area contributed by atoms with Crippen LogP contribution >= 0.6 is 0 Å². The van der Waals surface area contributed by atoms with Gasteiger partial charge in [0.1, 0.15) is 6.04 Å². The second-order valence-corrected chi connectivity index (χ2v) is 3.45. The van der Waals surface area contributed by atoms with E-state index < -0.39 is 17.8 Å². The Balaban J connectivity index is 2.20. The highest BCUT2D eigenvalue weighted by molar-refractivity contribution is 5.78. The lowest BCUT2D eigenvalue weighted by Crippen LogP contribution is -2.05. The van der Waals surface area contributed by atoms with Crippen LogP contribution in [0.25, 0.3) is 0 Å². The van der Waals surface area contributed by atoms with Crippen LogP contribution in [0.2, 0.25) is 0 Å². The highest BCUT2D eigenvalue weighted by Crippen LogP contribution is 2.32. The van der Waals surface area contributed by atoms with Crippen LogP contribution in [-0.2, 0) is 11.0 Å². The third-order valence-electron chi connectivity index (χ3n) is 2.30. The Bertz CT molecular complexity index is 436. The number of benzene rings is 1. The molecule has 0 bridgehead atoms. The van der Waals surface area contributed by atoms with Crippen LogP contribution in [0.15, 0.2) is 34.5 Å². The molecule has 0 radical (unpaired) electrons. The molecule has 16 heavy (non-hydrogen) atoms. The summed E-state index contributed by atoms with van der Waals surface area (Å²) in [6.45, 7) is 0. The molecule has 1 aliphatic rings. The van der Waals surface area contributed by atoms with E-state index in [4.69, 9.17) is 0 Å². The van der Waals surface area contributed by atoms with Crippen LogP contribution in [0.1, 0.15) is 23.6 Å². The molecule has 0 aliphatic carbocycles. The molecule has 0 N–H and O–H groups in total. The van der Waals surface area contributed by atoms with Crippen molar-refractivity contribution < 1.29 is 18.0 Å². The van der Waals surface area contributed by atoms with Gasteiger partial charge in [-0.15, -0.1) is 5.11 Å². The van der Waals surface area contributed by atoms with Crippen molar-refractivity contribution in [2.24, 2.45) is 10.2 Å². The van der Waals surface area contributed by atoms with E-state index in [1.54, 1.807) is 0 Å². The first kappa shape index (κ1) is 10.8. The molecule has 1 unspecified atom stereocenters. The van der Waals surface area contributed by atoms with Crippen molar-refractivity contribution in [2.45, 2.75) is 18.6 Å². The zero-order chi connectivity index (χ0) is 11.8. The Kier molecular flexibility index (Phi) is 2.49. The average molecular weight is 228 g/mol. The molecule has 2 rings (SSSR count). The number of carbonyl (C=O) groups is 1. The molecule has 1 aliphatic heterocycles. The Labute approximate surface area is 89.0 Å². The molecule has 0 saturated carbocycles. The number of nitrogens with zero attached hydrogens (tertiary/aromatic N) is 2. The fourth-order valence-electron chi connectivity index (χ4n) is 1.46. The summed E-state index contributed by atoms with van der Waals surface area (Å²) in [7, 11) is 0. The van der Waals surface area contributed by atoms with Crippen LogP contribution in [0.5, 0.6) is 0 Å². The number of amides is 1. The minimum atomic E-state index is -4.34. The van der Waals surface area contributed by atoms with E-state index in [0.717, 1.165) is 12.1 Å². The normalized spacial score (nSPS) is 20.4. The van der Waals surface area contributed by atoms with Gasteiger partial charge >= 0.3 is 6.18 Å². The Morgan fingerprint density at radius 3 is 2.25 bits per heavy atom. The number of carbonyl (C=O) groups excluding carboxylic acids is 1. The summed E-state index contributed by atoms with van der Waals surface area (Å²) in [5.41, 5.74) is -0.139. The maximum absolute atomic E-state index is 12.3. The first-order chi connectivity index (χ1) is 7.47. The molecule has 0 fully saturated rings. The standard InChI is InChI=1S/C10H7F3N2O/c11-10(12,13)7-3-1-6(2-4-7)8-5-9(16)15-14-8/h1-4,8H,5H2. The van der Waals surface area contributed by atoms with E-state index in [9.17, 15) is 18.0 Å². The van der Waals surface area contributed by atoms with E-state index in [-0.39, 0.29) is 12.3 Å². The third-order valence-corrected chi connectivity index (χ3v) is 2.30. The van der Waals surface area contributed by atoms with Gasteiger partial charge in [0.15, 0.2) is 0 Å². The van der Waals surface area contributed by atoms with Gasteiger partial charge in [-0.05, 0) is 17.7 Å². The molecule has 1 aromatic rings. The van der Waals surface area contributed by atoms with Crippen LogP contribution in [-0.4, -0.2) is 5.91 Å². The van der Waals surface area contributed by atoms with E-state index in [1.165, 1.54) is 12.1 Å². The Hall–Kier alpha value is -1.72. The maximum atomic E-state index is 12.3. The quantitative estimate of drug-likeness (QED) is 0.728. The summed E-state index contributed by atoms with van der Waals surface area (Å²) in [6, 6.07) is 4.17. The van der Waals surface area contributed by atoms with Gasteiger partial charge in [-0.2, -0.15) is 18.3 Å². The summed E-state index contributed by atoms with van der Waals surface area (Å²) in [6.07, 6.45) is -4.21. The zero-order valence-corrected chi connectivity index (χ0v) is 8.03. The molecule has 1 heterocycles. The first-order valence-corrected chi connectivity index (χ1v) is 4.57. The number of hydrogen-bond donors (Lipinski definition) is 0. The van der Waals surface area contributed by atoms with Crippen LogP contribution in [0.3, 0.4) is 0 Å². The van der Waals surface area contributed by atoms with Crippen molar-refractivity contribution in [3.05, 3.63) is 35.4 Å². The lowest BCUT2D eigenvalue weighted by molar-refractivity contribution is -0.137. The maximum Gasteiger partial charge on any atom is 0.416 e. The number of alkyl halides is 3. The lowest BCUT2D eigenvalue weighted by Gasteiger charge is -2.08. The second-order valence-electron chi connectivity index (χ2n) is 3.45. The third kappa shape index (κ3) is 2.10. The molecule has 0 spiro atoms. The second kappa shape index (κ2) is 3.70. The van der Waals surface area contributed by atoms with Gasteiger partial charge in [0.25, 0.3) is 5.91 Å². The van der Waals surface area contributed by atoms with E-state index in [1.807, 2.05) is 0 Å². The summed E-state index contributed by atoms with van der Waals surface area (Å²) in [5, 5.41) is 7.00. The van der Waals surface area contributed by atoms with E-state index in [2.05, 4.69) is 10.2 Å². The largest absolute Gasteiger partial charge is 0.416 e. The van der Waals surface area contributed by atoms with Gasteiger partial charge in [0.2, 0.25) is 0 Å². The molecular formula is C10H7F3N2O. The van der Waals surface area contributed by atoms with E-state index >= 15 is 0 Å². The van der Waals surface area contributed by atoms with Gasteiger partial charge in [0.05, 0.1) is 12.0 Å². The number of rotatable bonds is 1. The fraction of sp³-hybridized carbons (Fsp3) is 0.300. The van der Waals surface area contributed by atoms with Crippen molar-refractivity contribution in [3.8, 4) is 0 Å². The van der Waals surface area contributed by atoms with Crippen molar-refractivity contribution in [2.75, 3.05) is 0 Å². The summed E-state index contributed by atoms with van der Waals surface area (Å²) in [4.78, 5) is 10.8. The van der Waals surface area contributed by atoms with Crippen molar-refractivity contribution in [1.82, 2.24) is 0 Å². The van der Waals surface area contributed by atoms with Gasteiger partial charge in [0, 0.05) is 0 Å². The number of halogens is 3. The van der Waals surface area contributed by atoms with Gasteiger partial charge in [-0.3, -0.25) is 4.79 Å². The molecule has 6 heteroatoms. The Morgan fingerprint density at radius 1 is 1.19 bits per heavy atom.